The first kappa shape index (κ1) is 15.8. The van der Waals surface area contributed by atoms with Gasteiger partial charge in [-0.15, -0.1) is 0 Å². The van der Waals surface area contributed by atoms with Crippen LogP contribution in [0.25, 0.3) is 0 Å². The lowest BCUT2D eigenvalue weighted by molar-refractivity contribution is -0.128. The van der Waals surface area contributed by atoms with Gasteiger partial charge in [-0.2, -0.15) is 0 Å². The monoisotopic (exact) mass is 282 g/mol. The van der Waals surface area contributed by atoms with Gasteiger partial charge in [-0.1, -0.05) is 32.6 Å². The molecule has 2 aliphatic carbocycles. The minimum atomic E-state index is -0.666. The van der Waals surface area contributed by atoms with Crippen molar-refractivity contribution >= 4 is 5.91 Å². The zero-order chi connectivity index (χ0) is 14.6. The molecular formula is C16H30N2O2. The highest BCUT2D eigenvalue weighted by atomic mass is 16.3. The fraction of sp³-hybridized carbons (Fsp3) is 0.938. The first-order valence-electron chi connectivity index (χ1n) is 8.23. The molecule has 20 heavy (non-hydrogen) atoms. The van der Waals surface area contributed by atoms with Crippen LogP contribution in [0.2, 0.25) is 0 Å². The first-order chi connectivity index (χ1) is 9.55. The topological polar surface area (TPSA) is 75.4 Å². The van der Waals surface area contributed by atoms with E-state index in [9.17, 15) is 9.90 Å². The van der Waals surface area contributed by atoms with Gasteiger partial charge in [0.05, 0.1) is 5.54 Å². The average Bonchev–Trinajstić information content (AvgIpc) is 2.44. The van der Waals surface area contributed by atoms with Crippen LogP contribution in [0.5, 0.6) is 0 Å². The summed E-state index contributed by atoms with van der Waals surface area (Å²) < 4.78 is 0. The second kappa shape index (κ2) is 6.90. The molecule has 4 atom stereocenters. The van der Waals surface area contributed by atoms with E-state index >= 15 is 0 Å². The predicted octanol–water partition coefficient (Wildman–Crippen LogP) is 1.81. The number of aliphatic hydroxyl groups is 1. The third kappa shape index (κ3) is 3.73. The van der Waals surface area contributed by atoms with Crippen LogP contribution in [0, 0.1) is 17.8 Å². The van der Waals surface area contributed by atoms with Crippen molar-refractivity contribution in [3.05, 3.63) is 0 Å². The molecule has 2 rings (SSSR count). The van der Waals surface area contributed by atoms with E-state index in [0.717, 1.165) is 32.1 Å². The molecule has 0 aromatic rings. The Bertz CT molecular complexity index is 334. The van der Waals surface area contributed by atoms with Gasteiger partial charge in [-0.3, -0.25) is 4.79 Å². The average molecular weight is 282 g/mol. The molecule has 1 amide bonds. The second-order valence-corrected chi connectivity index (χ2v) is 7.05. The Balaban J connectivity index is 1.84. The van der Waals surface area contributed by atoms with Crippen molar-refractivity contribution in [1.82, 2.24) is 5.32 Å². The summed E-state index contributed by atoms with van der Waals surface area (Å²) in [5.41, 5.74) is 5.65. The van der Waals surface area contributed by atoms with Gasteiger partial charge in [-0.25, -0.2) is 0 Å². The van der Waals surface area contributed by atoms with Crippen LogP contribution in [0.4, 0.5) is 0 Å². The number of rotatable bonds is 4. The fourth-order valence-electron chi connectivity index (χ4n) is 3.99. The molecule has 0 spiro atoms. The third-order valence-corrected chi connectivity index (χ3v) is 5.31. The molecule has 0 bridgehead atoms. The molecule has 4 N–H and O–H groups in total. The van der Waals surface area contributed by atoms with Crippen molar-refractivity contribution in [2.45, 2.75) is 63.8 Å². The minimum Gasteiger partial charge on any atom is -0.396 e. The molecule has 2 fully saturated rings. The Kier molecular flexibility index (Phi) is 5.44. The summed E-state index contributed by atoms with van der Waals surface area (Å²) in [4.78, 5) is 12.4. The van der Waals surface area contributed by atoms with Crippen molar-refractivity contribution in [2.75, 3.05) is 13.2 Å². The maximum Gasteiger partial charge on any atom is 0.240 e. The van der Waals surface area contributed by atoms with Crippen molar-refractivity contribution in [2.24, 2.45) is 23.5 Å². The van der Waals surface area contributed by atoms with E-state index in [2.05, 4.69) is 12.2 Å². The lowest BCUT2D eigenvalue weighted by Gasteiger charge is -2.36. The molecule has 0 aromatic carbocycles. The highest BCUT2D eigenvalue weighted by molar-refractivity contribution is 5.86. The molecule has 0 aromatic heterocycles. The Hall–Kier alpha value is -0.610. The van der Waals surface area contributed by atoms with Crippen molar-refractivity contribution in [1.29, 1.82) is 0 Å². The molecule has 0 heterocycles. The van der Waals surface area contributed by atoms with Crippen LogP contribution < -0.4 is 11.1 Å². The summed E-state index contributed by atoms with van der Waals surface area (Å²) in [6, 6.07) is 0. The number of carbonyl (C=O) groups excluding carboxylic acids is 1. The van der Waals surface area contributed by atoms with E-state index in [1.165, 1.54) is 19.3 Å². The number of aliphatic hydroxyl groups excluding tert-OH is 1. The molecule has 116 valence electrons. The summed E-state index contributed by atoms with van der Waals surface area (Å²) in [6.45, 7) is 3.10. The van der Waals surface area contributed by atoms with Crippen LogP contribution in [-0.4, -0.2) is 29.7 Å². The van der Waals surface area contributed by atoms with E-state index in [0.29, 0.717) is 24.3 Å². The Morgan fingerprint density at radius 1 is 1.25 bits per heavy atom. The summed E-state index contributed by atoms with van der Waals surface area (Å²) >= 11 is 0. The molecule has 2 saturated carbocycles. The maximum atomic E-state index is 12.4. The van der Waals surface area contributed by atoms with Gasteiger partial charge in [0.2, 0.25) is 5.91 Å². The molecule has 0 aliphatic heterocycles. The Morgan fingerprint density at radius 2 is 1.95 bits per heavy atom. The third-order valence-electron chi connectivity index (χ3n) is 5.31. The largest absolute Gasteiger partial charge is 0.396 e. The van der Waals surface area contributed by atoms with Crippen LogP contribution in [0.3, 0.4) is 0 Å². The Morgan fingerprint density at radius 3 is 2.60 bits per heavy atom. The Labute approximate surface area is 122 Å². The van der Waals surface area contributed by atoms with Gasteiger partial charge in [0.1, 0.15) is 0 Å². The van der Waals surface area contributed by atoms with Crippen LogP contribution in [-0.2, 0) is 4.79 Å². The van der Waals surface area contributed by atoms with Crippen molar-refractivity contribution in [3.63, 3.8) is 0 Å². The van der Waals surface area contributed by atoms with E-state index in [1.54, 1.807) is 0 Å². The zero-order valence-electron chi connectivity index (χ0n) is 12.7. The van der Waals surface area contributed by atoms with Crippen molar-refractivity contribution < 1.29 is 9.90 Å². The zero-order valence-corrected chi connectivity index (χ0v) is 12.7. The van der Waals surface area contributed by atoms with Gasteiger partial charge >= 0.3 is 0 Å². The molecular weight excluding hydrogens is 252 g/mol. The van der Waals surface area contributed by atoms with Gasteiger partial charge in [0.25, 0.3) is 0 Å². The number of nitrogens with one attached hydrogen (secondary N) is 1. The fourth-order valence-corrected chi connectivity index (χ4v) is 3.99. The van der Waals surface area contributed by atoms with E-state index in [-0.39, 0.29) is 12.5 Å². The smallest absolute Gasteiger partial charge is 0.240 e. The van der Waals surface area contributed by atoms with Crippen LogP contribution in [0.1, 0.15) is 58.3 Å². The van der Waals surface area contributed by atoms with Gasteiger partial charge in [0, 0.05) is 13.2 Å². The standard InChI is InChI=1S/C16H30N2O2/c1-12-5-4-8-16(17,9-12)15(20)18-10-13-6-2-3-7-14(13)11-19/h12-14,19H,2-11,17H2,1H3,(H,18,20). The van der Waals surface area contributed by atoms with Crippen LogP contribution >= 0.6 is 0 Å². The number of carbonyl (C=O) groups is 1. The molecule has 4 unspecified atom stereocenters. The molecule has 4 heteroatoms. The van der Waals surface area contributed by atoms with Crippen LogP contribution in [0.15, 0.2) is 0 Å². The number of amides is 1. The lowest BCUT2D eigenvalue weighted by atomic mass is 9.76. The van der Waals surface area contributed by atoms with E-state index < -0.39 is 5.54 Å². The van der Waals surface area contributed by atoms with E-state index in [1.807, 2.05) is 0 Å². The molecule has 0 radical (unpaired) electrons. The normalized spacial score (nSPS) is 38.5. The number of hydrogen-bond acceptors (Lipinski definition) is 3. The van der Waals surface area contributed by atoms with E-state index in [4.69, 9.17) is 5.73 Å². The number of nitrogens with two attached hydrogens (primary N) is 1. The summed E-state index contributed by atoms with van der Waals surface area (Å²) in [5, 5.41) is 12.5. The predicted molar refractivity (Wildman–Crippen MR) is 80.1 cm³/mol. The maximum absolute atomic E-state index is 12.4. The summed E-state index contributed by atoms with van der Waals surface area (Å²) in [5.74, 6) is 1.33. The highest BCUT2D eigenvalue weighted by Gasteiger charge is 2.38. The number of hydrogen-bond donors (Lipinski definition) is 3. The summed E-state index contributed by atoms with van der Waals surface area (Å²) in [6.07, 6.45) is 8.44. The quantitative estimate of drug-likeness (QED) is 0.736. The first-order valence-corrected chi connectivity index (χ1v) is 8.23. The highest BCUT2D eigenvalue weighted by Crippen LogP contribution is 2.32. The SMILES string of the molecule is CC1CCCC(N)(C(=O)NCC2CCCCC2CO)C1. The van der Waals surface area contributed by atoms with Gasteiger partial charge in [-0.05, 0) is 43.4 Å². The van der Waals surface area contributed by atoms with Gasteiger partial charge < -0.3 is 16.2 Å². The molecule has 4 nitrogen and oxygen atoms in total. The molecule has 2 aliphatic rings. The van der Waals surface area contributed by atoms with Crippen molar-refractivity contribution in [3.8, 4) is 0 Å². The minimum absolute atomic E-state index is 0.0197. The van der Waals surface area contributed by atoms with Gasteiger partial charge in [0.15, 0.2) is 0 Å². The second-order valence-electron chi connectivity index (χ2n) is 7.05. The lowest BCUT2D eigenvalue weighted by Crippen LogP contribution is -2.57. The molecule has 0 saturated heterocycles. The summed E-state index contributed by atoms with van der Waals surface area (Å²) in [7, 11) is 0.